The fourth-order valence-electron chi connectivity index (χ4n) is 6.61. The molecule has 3 heterocycles. The third-order valence-corrected chi connectivity index (χ3v) is 9.03. The molecule has 0 aliphatic carbocycles. The number of fused-ring (bicyclic) bond motifs is 7. The number of hydrogen-bond acceptors (Lipinski definition) is 2. The van der Waals surface area contributed by atoms with Gasteiger partial charge in [0, 0.05) is 26.0 Å². The van der Waals surface area contributed by atoms with Crippen LogP contribution >= 0.6 is 0 Å². The Morgan fingerprint density at radius 3 is 1.56 bits per heavy atom. The first-order valence-electron chi connectivity index (χ1n) is 31.6. The fourth-order valence-corrected chi connectivity index (χ4v) is 6.61. The quantitative estimate of drug-likeness (QED) is 0.169. The van der Waals surface area contributed by atoms with Crippen molar-refractivity contribution in [1.82, 2.24) is 4.57 Å². The molecule has 4 heteroatoms. The Balaban J connectivity index is 1.28. The largest absolute Gasteiger partial charge is 0.458 e. The lowest BCUT2D eigenvalue weighted by Crippen LogP contribution is -2.57. The van der Waals surface area contributed by atoms with Crippen LogP contribution in [0.4, 0.5) is 0 Å². The molecule has 9 aromatic rings. The molecule has 54 heavy (non-hydrogen) atoms. The highest BCUT2D eigenvalue weighted by Crippen LogP contribution is 2.41. The first kappa shape index (κ1) is 13.0. The molecule has 1 aromatic heterocycles. The summed E-state index contributed by atoms with van der Waals surface area (Å²) in [5.74, 6) is -3.20. The van der Waals surface area contributed by atoms with E-state index in [1.54, 1.807) is 0 Å². The second kappa shape index (κ2) is 11.9. The summed E-state index contributed by atoms with van der Waals surface area (Å²) < 4.78 is 292. The first-order valence-corrected chi connectivity index (χ1v) is 16.1. The molecule has 0 fully saturated rings. The summed E-state index contributed by atoms with van der Waals surface area (Å²) in [6.07, 6.45) is 0. The second-order valence-corrected chi connectivity index (χ2v) is 12.1. The molecule has 0 atom stereocenters. The minimum absolute atomic E-state index is 0.188. The number of aromatic nitrogens is 1. The van der Waals surface area contributed by atoms with Crippen molar-refractivity contribution in [2.75, 3.05) is 0 Å². The van der Waals surface area contributed by atoms with Crippen LogP contribution in [0.3, 0.4) is 0 Å². The number of rotatable bonds is 4. The van der Waals surface area contributed by atoms with Crippen LogP contribution in [0.5, 0.6) is 23.0 Å². The van der Waals surface area contributed by atoms with E-state index in [4.69, 9.17) is 35.5 Å². The van der Waals surface area contributed by atoms with Crippen molar-refractivity contribution in [2.24, 2.45) is 0 Å². The number of para-hydroxylation sites is 2. The Bertz CT molecular complexity index is 4570. The highest BCUT2D eigenvalue weighted by atomic mass is 16.5. The van der Waals surface area contributed by atoms with Gasteiger partial charge in [-0.1, -0.05) is 121 Å². The number of hydrogen-bond donors (Lipinski definition) is 0. The zero-order valence-corrected chi connectivity index (χ0v) is 27.3. The zero-order chi connectivity index (χ0) is 62.8. The van der Waals surface area contributed by atoms with Crippen molar-refractivity contribution in [3.63, 3.8) is 0 Å². The van der Waals surface area contributed by atoms with Gasteiger partial charge in [-0.25, -0.2) is 0 Å². The minimum atomic E-state index is -3.38. The van der Waals surface area contributed by atoms with Crippen molar-refractivity contribution in [1.29, 1.82) is 0 Å². The van der Waals surface area contributed by atoms with Crippen molar-refractivity contribution in [3.05, 3.63) is 180 Å². The van der Waals surface area contributed by atoms with Gasteiger partial charge in [-0.15, -0.1) is 0 Å². The summed E-state index contributed by atoms with van der Waals surface area (Å²) in [6, 6.07) is -25.8. The molecule has 3 nitrogen and oxygen atoms in total. The molecule has 2 aliphatic rings. The molecule has 0 saturated heterocycles. The van der Waals surface area contributed by atoms with Crippen LogP contribution in [0.1, 0.15) is 53.6 Å². The monoisotopic (exact) mass is 722 g/mol. The number of ether oxygens (including phenoxy) is 2. The van der Waals surface area contributed by atoms with Crippen molar-refractivity contribution < 1.29 is 52.0 Å². The topological polar surface area (TPSA) is 23.4 Å². The molecule has 2 aliphatic heterocycles. The van der Waals surface area contributed by atoms with Crippen molar-refractivity contribution >= 4 is 44.9 Å². The highest BCUT2D eigenvalue weighted by molar-refractivity contribution is 6.98. The lowest BCUT2D eigenvalue weighted by molar-refractivity contribution is 0.465. The SMILES string of the molecule is [2H]c1c([2H])c([2H])c(-c2c([2H])c([2H])c3c(c2[2H])Oc2c([2H])c(-c4c([2H])c([2H])c(-n5c6c([2H])c([2H])c([2H])c([2H])c6c6c([2H])c([2H])c([2H])c([2H])c65)c([2H])c4[2H])c([2H])c4c2B3c2c([2H])c([2H])c(-c3c([2H])c([2H])c([2H])c([2H])c3C([2H])([2H])[2H])c([2H])c2O4)c(C)c1[2H]. The molecule has 0 amide bonds. The van der Waals surface area contributed by atoms with Gasteiger partial charge in [0.25, 0.3) is 6.71 Å². The van der Waals surface area contributed by atoms with Gasteiger partial charge in [0.2, 0.25) is 0 Å². The summed E-state index contributed by atoms with van der Waals surface area (Å²) in [6.45, 7) is -4.05. The van der Waals surface area contributed by atoms with Gasteiger partial charge in [-0.3, -0.25) is 0 Å². The minimum Gasteiger partial charge on any atom is -0.458 e. The van der Waals surface area contributed by atoms with E-state index in [9.17, 15) is 16.4 Å². The summed E-state index contributed by atoms with van der Waals surface area (Å²) in [5, 5.41) is -0.954. The Morgan fingerprint density at radius 1 is 0.481 bits per heavy atom. The summed E-state index contributed by atoms with van der Waals surface area (Å²) in [4.78, 5) is 0. The Morgan fingerprint density at radius 2 is 0.963 bits per heavy atom. The van der Waals surface area contributed by atoms with E-state index in [1.165, 1.54) is 6.92 Å². The van der Waals surface area contributed by atoms with Crippen LogP contribution in [0.2, 0.25) is 0 Å². The Hall–Kier alpha value is -6.78. The predicted molar refractivity (Wildman–Crippen MR) is 224 cm³/mol. The van der Waals surface area contributed by atoms with Gasteiger partial charge >= 0.3 is 0 Å². The summed E-state index contributed by atoms with van der Waals surface area (Å²) >= 11 is 0. The van der Waals surface area contributed by atoms with E-state index in [1.807, 2.05) is 0 Å². The normalized spacial score (nSPS) is 20.8. The van der Waals surface area contributed by atoms with E-state index >= 15 is 0 Å². The van der Waals surface area contributed by atoms with Crippen LogP contribution in [-0.2, 0) is 0 Å². The molecular formula is C50H34BNO2. The van der Waals surface area contributed by atoms with Gasteiger partial charge in [0.1, 0.15) is 23.0 Å². The molecule has 8 aromatic carbocycles. The van der Waals surface area contributed by atoms with Crippen LogP contribution in [0.15, 0.2) is 169 Å². The molecular weight excluding hydrogens is 657 g/mol. The standard InChI is InChI=1S/C50H34BNO2/c1-31-11-3-5-13-38(31)34-21-25-42-46(27-34)53-48-29-36(30-49-50(48)51(42)43-26-22-35(28-47(43)54-49)39-14-6-4-12-32(39)2)33-19-23-37(24-20-33)52-44-17-9-7-15-40(44)41-16-8-10-18-45(41)52/h3-30H,1-2H3/i1D3,3D,4D,5D,6D,7D,8D,9D,10D,11D,12D,13D,14D,15D,16D,17D,18D,19D,20D,21D,22D,23D,24D,25D,26D,27D,28D,29D,30D. The molecule has 0 unspecified atom stereocenters. The summed E-state index contributed by atoms with van der Waals surface area (Å²) in [5.41, 5.74) is -9.55. The lowest BCUT2D eigenvalue weighted by atomic mass is 9.34. The molecule has 0 radical (unpaired) electrons. The predicted octanol–water partition coefficient (Wildman–Crippen LogP) is 11.1. The molecule has 254 valence electrons. The van der Waals surface area contributed by atoms with E-state index in [2.05, 4.69) is 0 Å². The van der Waals surface area contributed by atoms with E-state index in [0.717, 1.165) is 4.57 Å². The fraction of sp³-hybridized carbons (Fsp3) is 0.0400. The maximum Gasteiger partial charge on any atom is 0.260 e. The third-order valence-electron chi connectivity index (χ3n) is 9.03. The Labute approximate surface area is 358 Å². The van der Waals surface area contributed by atoms with Crippen molar-refractivity contribution in [3.8, 4) is 62.1 Å². The maximum atomic E-state index is 9.88. The number of nitrogens with zero attached hydrogens (tertiary/aromatic N) is 1. The maximum absolute atomic E-state index is 9.88. The van der Waals surface area contributed by atoms with E-state index in [0.29, 0.717) is 0 Å². The third kappa shape index (κ3) is 4.70. The van der Waals surface area contributed by atoms with E-state index in [-0.39, 0.29) is 5.56 Å². The van der Waals surface area contributed by atoms with Gasteiger partial charge in [-0.05, 0) is 118 Å². The molecule has 0 bridgehead atoms. The van der Waals surface area contributed by atoms with Crippen LogP contribution in [-0.4, -0.2) is 11.3 Å². The second-order valence-electron chi connectivity index (χ2n) is 12.1. The van der Waals surface area contributed by atoms with Crippen LogP contribution in [0.25, 0.3) is 60.9 Å². The van der Waals surface area contributed by atoms with Gasteiger partial charge in [-0.2, -0.15) is 0 Å². The van der Waals surface area contributed by atoms with E-state index < -0.39 is 289 Å². The molecule has 0 spiro atoms. The molecule has 0 N–H and O–H groups in total. The lowest BCUT2D eigenvalue weighted by Gasteiger charge is -2.34. The average Bonchev–Trinajstić information content (AvgIpc) is 1.56. The van der Waals surface area contributed by atoms with Gasteiger partial charge in [0.05, 0.1) is 49.4 Å². The average molecular weight is 723 g/mol. The summed E-state index contributed by atoms with van der Waals surface area (Å²) in [7, 11) is 0. The Kier molecular flexibility index (Phi) is 2.85. The molecule has 11 rings (SSSR count). The highest BCUT2D eigenvalue weighted by Gasteiger charge is 2.40. The zero-order valence-electron chi connectivity index (χ0n) is 58.3. The molecule has 0 saturated carbocycles. The smallest absolute Gasteiger partial charge is 0.260 e. The van der Waals surface area contributed by atoms with Gasteiger partial charge < -0.3 is 14.0 Å². The van der Waals surface area contributed by atoms with Crippen LogP contribution in [0, 0.1) is 13.8 Å². The van der Waals surface area contributed by atoms with Crippen LogP contribution < -0.4 is 25.9 Å². The van der Waals surface area contributed by atoms with Gasteiger partial charge in [0.15, 0.2) is 0 Å². The van der Waals surface area contributed by atoms with Crippen molar-refractivity contribution in [2.45, 2.75) is 13.8 Å². The number of benzene rings is 8. The first-order chi connectivity index (χ1) is 39.5.